The van der Waals surface area contributed by atoms with E-state index in [0.29, 0.717) is 17.7 Å². The molecule has 11 heteroatoms. The van der Waals surface area contributed by atoms with Gasteiger partial charge in [0.2, 0.25) is 5.95 Å². The molecule has 5 nitrogen and oxygen atoms in total. The summed E-state index contributed by atoms with van der Waals surface area (Å²) in [4.78, 5) is 11.9. The molecule has 3 rings (SSSR count). The average Bonchev–Trinajstić information content (AvgIpc) is 2.58. The highest BCUT2D eigenvalue weighted by Crippen LogP contribution is 2.43. The van der Waals surface area contributed by atoms with Gasteiger partial charge < -0.3 is 11.5 Å². The molecular formula is C19H17F6N5. The van der Waals surface area contributed by atoms with Crippen molar-refractivity contribution in [2.45, 2.75) is 38.5 Å². The maximum atomic E-state index is 13.3. The van der Waals surface area contributed by atoms with Crippen LogP contribution in [0.3, 0.4) is 0 Å². The zero-order valence-electron chi connectivity index (χ0n) is 16.1. The van der Waals surface area contributed by atoms with E-state index in [1.807, 2.05) is 0 Å². The summed E-state index contributed by atoms with van der Waals surface area (Å²) in [6.07, 6.45) is -8.78. The van der Waals surface area contributed by atoms with E-state index >= 15 is 0 Å². The van der Waals surface area contributed by atoms with Gasteiger partial charge in [-0.1, -0.05) is 20.8 Å². The molecule has 0 unspecified atom stereocenters. The minimum absolute atomic E-state index is 0.0617. The molecule has 0 bridgehead atoms. The van der Waals surface area contributed by atoms with Crippen molar-refractivity contribution in [3.63, 3.8) is 0 Å². The molecule has 0 atom stereocenters. The second-order valence-corrected chi connectivity index (χ2v) is 7.76. The summed E-state index contributed by atoms with van der Waals surface area (Å²) in [6, 6.07) is 1.39. The lowest BCUT2D eigenvalue weighted by Crippen LogP contribution is -2.17. The van der Waals surface area contributed by atoms with E-state index < -0.39 is 28.9 Å². The van der Waals surface area contributed by atoms with Crippen LogP contribution in [0.2, 0.25) is 0 Å². The van der Waals surface area contributed by atoms with Gasteiger partial charge >= 0.3 is 12.4 Å². The fraction of sp³-hybridized carbons (Fsp3) is 0.316. The summed E-state index contributed by atoms with van der Waals surface area (Å²) < 4.78 is 79.9. The van der Waals surface area contributed by atoms with Crippen LogP contribution in [0.5, 0.6) is 0 Å². The number of aromatic nitrogens is 3. The Hall–Kier alpha value is -3.11. The Morgan fingerprint density at radius 1 is 0.800 bits per heavy atom. The molecule has 2 aromatic heterocycles. The van der Waals surface area contributed by atoms with E-state index in [0.717, 1.165) is 0 Å². The second-order valence-electron chi connectivity index (χ2n) is 7.76. The molecule has 0 saturated carbocycles. The highest BCUT2D eigenvalue weighted by atomic mass is 19.4. The monoisotopic (exact) mass is 429 g/mol. The van der Waals surface area contributed by atoms with E-state index in [2.05, 4.69) is 15.0 Å². The Balaban J connectivity index is 2.45. The van der Waals surface area contributed by atoms with Crippen molar-refractivity contribution < 1.29 is 26.3 Å². The number of pyridine rings is 1. The molecule has 0 aliphatic rings. The number of benzene rings is 1. The van der Waals surface area contributed by atoms with Crippen LogP contribution in [-0.4, -0.2) is 15.0 Å². The summed E-state index contributed by atoms with van der Waals surface area (Å²) in [5.41, 5.74) is 8.16. The van der Waals surface area contributed by atoms with E-state index in [4.69, 9.17) is 11.5 Å². The molecule has 0 aliphatic carbocycles. The summed E-state index contributed by atoms with van der Waals surface area (Å²) in [5.74, 6) is -0.224. The van der Waals surface area contributed by atoms with Crippen molar-refractivity contribution in [3.05, 3.63) is 41.1 Å². The molecule has 0 spiro atoms. The van der Waals surface area contributed by atoms with Gasteiger partial charge in [-0.25, -0.2) is 4.98 Å². The normalized spacial score (nSPS) is 13.1. The Bertz CT molecular complexity index is 1100. The zero-order chi connectivity index (χ0) is 22.6. The third-order valence-electron chi connectivity index (χ3n) is 4.42. The molecule has 0 fully saturated rings. The predicted molar refractivity (Wildman–Crippen MR) is 100 cm³/mol. The van der Waals surface area contributed by atoms with Gasteiger partial charge in [-0.15, -0.1) is 0 Å². The molecular weight excluding hydrogens is 412 g/mol. The lowest BCUT2D eigenvalue weighted by Gasteiger charge is -2.26. The number of nitrogen functional groups attached to an aromatic ring is 2. The van der Waals surface area contributed by atoms with E-state index in [9.17, 15) is 26.3 Å². The smallest absolute Gasteiger partial charge is 0.383 e. The summed E-state index contributed by atoms with van der Waals surface area (Å²) >= 11 is 0. The first-order valence-corrected chi connectivity index (χ1v) is 8.61. The van der Waals surface area contributed by atoms with Crippen LogP contribution < -0.4 is 11.5 Å². The number of hydrogen-bond acceptors (Lipinski definition) is 5. The van der Waals surface area contributed by atoms with Crippen LogP contribution in [-0.2, 0) is 17.8 Å². The number of rotatable bonds is 1. The zero-order valence-corrected chi connectivity index (χ0v) is 16.1. The van der Waals surface area contributed by atoms with Crippen molar-refractivity contribution in [1.29, 1.82) is 0 Å². The van der Waals surface area contributed by atoms with E-state index in [-0.39, 0.29) is 40.0 Å². The Labute approximate surface area is 167 Å². The number of nitrogens with zero attached hydrogens (tertiary/aromatic N) is 3. The fourth-order valence-corrected chi connectivity index (χ4v) is 3.25. The standard InChI is InChI=1S/C19H17F6N5/c1-17(2,3)13-11(7-28-15-12(13)14(26)29-16(27)30-15)8-4-9(18(20,21)22)6-10(5-8)19(23,24)25/h4-7H,1-3H3,(H4,26,27,28,29,30). The maximum Gasteiger partial charge on any atom is 0.416 e. The minimum atomic E-state index is -4.97. The van der Waals surface area contributed by atoms with Crippen LogP contribution in [0.1, 0.15) is 37.5 Å². The van der Waals surface area contributed by atoms with Gasteiger partial charge in [-0.2, -0.15) is 36.3 Å². The molecule has 30 heavy (non-hydrogen) atoms. The molecule has 1 aromatic carbocycles. The quantitative estimate of drug-likeness (QED) is 0.520. The topological polar surface area (TPSA) is 90.7 Å². The molecule has 0 radical (unpaired) electrons. The van der Waals surface area contributed by atoms with Crippen molar-refractivity contribution in [3.8, 4) is 11.1 Å². The van der Waals surface area contributed by atoms with Gasteiger partial charge in [0.1, 0.15) is 5.82 Å². The van der Waals surface area contributed by atoms with Gasteiger partial charge in [-0.3, -0.25) is 0 Å². The van der Waals surface area contributed by atoms with Crippen LogP contribution >= 0.6 is 0 Å². The lowest BCUT2D eigenvalue weighted by atomic mass is 9.80. The van der Waals surface area contributed by atoms with Crippen LogP contribution in [0.15, 0.2) is 24.4 Å². The molecule has 3 aromatic rings. The van der Waals surface area contributed by atoms with Crippen LogP contribution in [0.25, 0.3) is 22.2 Å². The first kappa shape index (κ1) is 21.6. The first-order chi connectivity index (χ1) is 13.6. The van der Waals surface area contributed by atoms with Gasteiger partial charge in [0.05, 0.1) is 16.5 Å². The molecule has 0 amide bonds. The van der Waals surface area contributed by atoms with Crippen LogP contribution in [0.4, 0.5) is 38.1 Å². The molecule has 4 N–H and O–H groups in total. The molecule has 2 heterocycles. The van der Waals surface area contributed by atoms with Gasteiger partial charge in [-0.05, 0) is 34.7 Å². The van der Waals surface area contributed by atoms with Gasteiger partial charge in [0, 0.05) is 11.8 Å². The van der Waals surface area contributed by atoms with Gasteiger partial charge in [0.15, 0.2) is 5.65 Å². The minimum Gasteiger partial charge on any atom is -0.383 e. The number of halogens is 6. The molecule has 0 aliphatic heterocycles. The van der Waals surface area contributed by atoms with Crippen molar-refractivity contribution in [1.82, 2.24) is 15.0 Å². The number of fused-ring (bicyclic) bond motifs is 1. The Kier molecular flexibility index (Phi) is 4.83. The predicted octanol–water partition coefficient (Wildman–Crippen LogP) is 5.19. The second kappa shape index (κ2) is 6.71. The van der Waals surface area contributed by atoms with E-state index in [1.165, 1.54) is 6.20 Å². The molecule has 0 saturated heterocycles. The summed E-state index contributed by atoms with van der Waals surface area (Å²) in [5, 5.41) is 0.222. The number of nitrogens with two attached hydrogens (primary N) is 2. The van der Waals surface area contributed by atoms with Crippen molar-refractivity contribution in [2.75, 3.05) is 11.5 Å². The Morgan fingerprint density at radius 2 is 1.33 bits per heavy atom. The highest BCUT2D eigenvalue weighted by Gasteiger charge is 2.37. The number of anilines is 2. The lowest BCUT2D eigenvalue weighted by molar-refractivity contribution is -0.143. The highest BCUT2D eigenvalue weighted by molar-refractivity contribution is 5.95. The largest absolute Gasteiger partial charge is 0.416 e. The third-order valence-corrected chi connectivity index (χ3v) is 4.42. The van der Waals surface area contributed by atoms with E-state index in [1.54, 1.807) is 20.8 Å². The van der Waals surface area contributed by atoms with Crippen molar-refractivity contribution in [2.24, 2.45) is 0 Å². The number of alkyl halides is 6. The fourth-order valence-electron chi connectivity index (χ4n) is 3.25. The summed E-state index contributed by atoms with van der Waals surface area (Å²) in [6.45, 7) is 5.21. The molecule has 160 valence electrons. The average molecular weight is 429 g/mol. The SMILES string of the molecule is CC(C)(C)c1c(-c2cc(C(F)(F)F)cc(C(F)(F)F)c2)cnc2nc(N)nc(N)c12. The number of hydrogen-bond donors (Lipinski definition) is 2. The maximum absolute atomic E-state index is 13.3. The Morgan fingerprint density at radius 3 is 1.80 bits per heavy atom. The third kappa shape index (κ3) is 3.96. The van der Waals surface area contributed by atoms with Crippen LogP contribution in [0, 0.1) is 0 Å². The summed E-state index contributed by atoms with van der Waals surface area (Å²) in [7, 11) is 0. The first-order valence-electron chi connectivity index (χ1n) is 8.61. The van der Waals surface area contributed by atoms with Gasteiger partial charge in [0.25, 0.3) is 0 Å². The van der Waals surface area contributed by atoms with Crippen molar-refractivity contribution >= 4 is 22.8 Å².